The molecular weight excluding hydrogens is 306 g/mol. The Morgan fingerprint density at radius 1 is 1.41 bits per heavy atom. The molecule has 2 atom stereocenters. The maximum Gasteiger partial charge on any atom is 0.251 e. The number of nitrogens with zero attached hydrogens (tertiary/aromatic N) is 1. The summed E-state index contributed by atoms with van der Waals surface area (Å²) < 4.78 is 5.40. The van der Waals surface area contributed by atoms with Gasteiger partial charge in [0.15, 0.2) is 0 Å². The molecular formula is C15H18ClN3O3. The van der Waals surface area contributed by atoms with Gasteiger partial charge in [0.25, 0.3) is 5.91 Å². The molecule has 22 heavy (non-hydrogen) atoms. The molecule has 0 aliphatic carbocycles. The number of carbonyl (C=O) groups is 2. The number of hydrogen-bond donors (Lipinski definition) is 2. The minimum Gasteiger partial charge on any atom is -0.366 e. The van der Waals surface area contributed by atoms with Crippen molar-refractivity contribution in [3.63, 3.8) is 0 Å². The molecule has 0 bridgehead atoms. The Morgan fingerprint density at radius 3 is 2.95 bits per heavy atom. The normalized spacial score (nSPS) is 25.3. The predicted molar refractivity (Wildman–Crippen MR) is 83.0 cm³/mol. The summed E-state index contributed by atoms with van der Waals surface area (Å²) in [6.45, 7) is 2.26. The van der Waals surface area contributed by atoms with Crippen molar-refractivity contribution >= 4 is 29.1 Å². The predicted octanol–water partition coefficient (Wildman–Crippen LogP) is 0.550. The Kier molecular flexibility index (Phi) is 4.61. The van der Waals surface area contributed by atoms with E-state index in [0.717, 1.165) is 6.54 Å². The highest BCUT2D eigenvalue weighted by atomic mass is 35.5. The third-order valence-corrected chi connectivity index (χ3v) is 4.20. The molecule has 0 unspecified atom stereocenters. The van der Waals surface area contributed by atoms with Gasteiger partial charge in [-0.2, -0.15) is 0 Å². The van der Waals surface area contributed by atoms with Gasteiger partial charge in [-0.1, -0.05) is 23.7 Å². The summed E-state index contributed by atoms with van der Waals surface area (Å²) in [5.41, 5.74) is 0.682. The molecule has 2 heterocycles. The third-order valence-electron chi connectivity index (χ3n) is 3.89. The monoisotopic (exact) mass is 323 g/mol. The van der Waals surface area contributed by atoms with Crippen LogP contribution in [0.4, 0.5) is 5.69 Å². The molecule has 0 aromatic heterocycles. The molecule has 2 aliphatic heterocycles. The largest absolute Gasteiger partial charge is 0.366 e. The number of para-hydroxylation sites is 1. The molecule has 2 N–H and O–H groups in total. The number of morpholine rings is 1. The Labute approximate surface area is 133 Å². The van der Waals surface area contributed by atoms with Crippen LogP contribution in [0.15, 0.2) is 24.3 Å². The number of halogens is 1. The summed E-state index contributed by atoms with van der Waals surface area (Å²) in [4.78, 5) is 26.2. The first-order valence-electron chi connectivity index (χ1n) is 7.35. The minimum atomic E-state index is -0.532. The van der Waals surface area contributed by atoms with E-state index < -0.39 is 12.1 Å². The highest BCUT2D eigenvalue weighted by Gasteiger charge is 2.36. The van der Waals surface area contributed by atoms with Crippen LogP contribution in [0.2, 0.25) is 5.02 Å². The molecule has 6 nitrogen and oxygen atoms in total. The molecule has 2 fully saturated rings. The van der Waals surface area contributed by atoms with Gasteiger partial charge in [0.05, 0.1) is 17.3 Å². The highest BCUT2D eigenvalue weighted by Crippen LogP contribution is 2.29. The Hall–Kier alpha value is -1.63. The smallest absolute Gasteiger partial charge is 0.251 e. The quantitative estimate of drug-likeness (QED) is 0.852. The van der Waals surface area contributed by atoms with Gasteiger partial charge in [0, 0.05) is 19.6 Å². The van der Waals surface area contributed by atoms with Crippen molar-refractivity contribution in [2.45, 2.75) is 18.6 Å². The molecule has 2 amide bonds. The Bertz CT molecular complexity index is 575. The maximum atomic E-state index is 12.5. The molecule has 7 heteroatoms. The zero-order chi connectivity index (χ0) is 15.5. The molecule has 2 saturated heterocycles. The second kappa shape index (κ2) is 6.64. The topological polar surface area (TPSA) is 70.7 Å². The van der Waals surface area contributed by atoms with Gasteiger partial charge in [-0.3, -0.25) is 9.59 Å². The van der Waals surface area contributed by atoms with Gasteiger partial charge in [0.2, 0.25) is 5.91 Å². The summed E-state index contributed by atoms with van der Waals surface area (Å²) >= 11 is 6.14. The summed E-state index contributed by atoms with van der Waals surface area (Å²) in [6.07, 6.45) is 0.0339. The van der Waals surface area contributed by atoms with Crippen molar-refractivity contribution in [3.05, 3.63) is 29.3 Å². The number of ether oxygens (including phenoxy) is 1. The second-order valence-electron chi connectivity index (χ2n) is 5.35. The first-order chi connectivity index (χ1) is 10.7. The SMILES string of the molecule is O=C(N[C@H]1CCN(c2ccccc2Cl)C1=O)[C@H]1CNCCO1. The zero-order valence-corrected chi connectivity index (χ0v) is 12.8. The molecule has 0 radical (unpaired) electrons. The zero-order valence-electron chi connectivity index (χ0n) is 12.0. The number of benzene rings is 1. The molecule has 1 aromatic carbocycles. The average Bonchev–Trinajstić information content (AvgIpc) is 2.90. The van der Waals surface area contributed by atoms with Crippen molar-refractivity contribution in [3.8, 4) is 0 Å². The van der Waals surface area contributed by atoms with Crippen LogP contribution < -0.4 is 15.5 Å². The van der Waals surface area contributed by atoms with Crippen molar-refractivity contribution in [1.29, 1.82) is 0 Å². The molecule has 0 spiro atoms. The fraction of sp³-hybridized carbons (Fsp3) is 0.467. The van der Waals surface area contributed by atoms with Gasteiger partial charge < -0.3 is 20.3 Å². The van der Waals surface area contributed by atoms with Gasteiger partial charge in [-0.05, 0) is 18.6 Å². The summed E-state index contributed by atoms with van der Waals surface area (Å²) in [7, 11) is 0. The van der Waals surface area contributed by atoms with Crippen molar-refractivity contribution in [1.82, 2.24) is 10.6 Å². The molecule has 1 aromatic rings. The third kappa shape index (κ3) is 3.09. The van der Waals surface area contributed by atoms with E-state index in [2.05, 4.69) is 10.6 Å². The van der Waals surface area contributed by atoms with E-state index in [9.17, 15) is 9.59 Å². The number of rotatable bonds is 3. The van der Waals surface area contributed by atoms with Gasteiger partial charge in [-0.25, -0.2) is 0 Å². The van der Waals surface area contributed by atoms with E-state index >= 15 is 0 Å². The second-order valence-corrected chi connectivity index (χ2v) is 5.76. The standard InChI is InChI=1S/C15H18ClN3O3/c16-10-3-1-2-4-12(10)19-7-5-11(15(19)21)18-14(20)13-9-17-6-8-22-13/h1-4,11,13,17H,5-9H2,(H,18,20)/t11-,13+/m0/s1. The van der Waals surface area contributed by atoms with Crippen molar-refractivity contribution < 1.29 is 14.3 Å². The van der Waals surface area contributed by atoms with Crippen molar-refractivity contribution in [2.24, 2.45) is 0 Å². The van der Waals surface area contributed by atoms with Crippen LogP contribution in [0.1, 0.15) is 6.42 Å². The van der Waals surface area contributed by atoms with Gasteiger partial charge in [-0.15, -0.1) is 0 Å². The van der Waals surface area contributed by atoms with Crippen LogP contribution in [0.5, 0.6) is 0 Å². The summed E-state index contributed by atoms with van der Waals surface area (Å²) in [5, 5.41) is 6.40. The first-order valence-corrected chi connectivity index (χ1v) is 7.73. The van der Waals surface area contributed by atoms with Crippen LogP contribution in [-0.4, -0.2) is 50.2 Å². The lowest BCUT2D eigenvalue weighted by Crippen LogP contribution is -2.51. The van der Waals surface area contributed by atoms with E-state index in [1.165, 1.54) is 0 Å². The average molecular weight is 324 g/mol. The molecule has 2 aliphatic rings. The number of carbonyl (C=O) groups excluding carboxylic acids is 2. The van der Waals surface area contributed by atoms with Gasteiger partial charge in [0.1, 0.15) is 12.1 Å². The van der Waals surface area contributed by atoms with E-state index in [1.54, 1.807) is 17.0 Å². The number of amides is 2. The lowest BCUT2D eigenvalue weighted by molar-refractivity contribution is -0.136. The first kappa shape index (κ1) is 15.3. The van der Waals surface area contributed by atoms with E-state index in [0.29, 0.717) is 36.8 Å². The van der Waals surface area contributed by atoms with Crippen LogP contribution in [-0.2, 0) is 14.3 Å². The van der Waals surface area contributed by atoms with Gasteiger partial charge >= 0.3 is 0 Å². The van der Waals surface area contributed by atoms with E-state index in [1.807, 2.05) is 12.1 Å². The molecule has 0 saturated carbocycles. The van der Waals surface area contributed by atoms with Crippen LogP contribution in [0.25, 0.3) is 0 Å². The minimum absolute atomic E-state index is 0.134. The van der Waals surface area contributed by atoms with Crippen LogP contribution in [0.3, 0.4) is 0 Å². The van der Waals surface area contributed by atoms with E-state index in [4.69, 9.17) is 16.3 Å². The Morgan fingerprint density at radius 2 is 2.23 bits per heavy atom. The van der Waals surface area contributed by atoms with Crippen LogP contribution >= 0.6 is 11.6 Å². The summed E-state index contributed by atoms with van der Waals surface area (Å²) in [5.74, 6) is -0.378. The molecule has 118 valence electrons. The number of nitrogens with one attached hydrogen (secondary N) is 2. The fourth-order valence-corrected chi connectivity index (χ4v) is 2.96. The van der Waals surface area contributed by atoms with Crippen molar-refractivity contribution in [2.75, 3.05) is 31.1 Å². The summed E-state index contributed by atoms with van der Waals surface area (Å²) in [6, 6.07) is 6.69. The Balaban J connectivity index is 1.64. The number of hydrogen-bond acceptors (Lipinski definition) is 4. The lowest BCUT2D eigenvalue weighted by atomic mass is 10.2. The highest BCUT2D eigenvalue weighted by molar-refractivity contribution is 6.34. The fourth-order valence-electron chi connectivity index (χ4n) is 2.72. The van der Waals surface area contributed by atoms with Crippen LogP contribution in [0, 0.1) is 0 Å². The molecule has 3 rings (SSSR count). The maximum absolute atomic E-state index is 12.5. The number of anilines is 1. The lowest BCUT2D eigenvalue weighted by Gasteiger charge is -2.24. The van der Waals surface area contributed by atoms with E-state index in [-0.39, 0.29) is 11.8 Å².